The topological polar surface area (TPSA) is 90.5 Å². The minimum absolute atomic E-state index is 0.0681. The second-order valence-corrected chi connectivity index (χ2v) is 3.53. The molecule has 0 aromatic heterocycles. The van der Waals surface area contributed by atoms with Gasteiger partial charge in [-0.2, -0.15) is 0 Å². The van der Waals surface area contributed by atoms with Crippen molar-refractivity contribution in [3.8, 4) is 0 Å². The van der Waals surface area contributed by atoms with Crippen LogP contribution in [-0.4, -0.2) is 48.7 Å². The lowest BCUT2D eigenvalue weighted by Crippen LogP contribution is -2.59. The van der Waals surface area contributed by atoms with Crippen molar-refractivity contribution in [2.24, 2.45) is 0 Å². The summed E-state index contributed by atoms with van der Waals surface area (Å²) >= 11 is 0. The van der Waals surface area contributed by atoms with Gasteiger partial charge in [-0.3, -0.25) is 14.9 Å². The number of piperazine rings is 1. The first-order chi connectivity index (χ1) is 7.17. The largest absolute Gasteiger partial charge is 0.394 e. The number of rotatable bonds is 4. The van der Waals surface area contributed by atoms with E-state index in [0.29, 0.717) is 13.0 Å². The van der Waals surface area contributed by atoms with Crippen LogP contribution in [0.3, 0.4) is 0 Å². The van der Waals surface area contributed by atoms with E-state index in [1.807, 2.05) is 6.92 Å². The molecule has 6 nitrogen and oxygen atoms in total. The van der Waals surface area contributed by atoms with Gasteiger partial charge in [-0.15, -0.1) is 0 Å². The lowest BCUT2D eigenvalue weighted by molar-refractivity contribution is -0.127. The van der Waals surface area contributed by atoms with Gasteiger partial charge in [0.05, 0.1) is 19.2 Å². The third kappa shape index (κ3) is 3.49. The van der Waals surface area contributed by atoms with Crippen LogP contribution in [0.1, 0.15) is 13.3 Å². The van der Waals surface area contributed by atoms with Gasteiger partial charge in [0.2, 0.25) is 11.8 Å². The van der Waals surface area contributed by atoms with Gasteiger partial charge in [0, 0.05) is 6.54 Å². The smallest absolute Gasteiger partial charge is 0.239 e. The lowest BCUT2D eigenvalue weighted by atomic mass is 10.2. The molecule has 86 valence electrons. The van der Waals surface area contributed by atoms with Gasteiger partial charge < -0.3 is 15.7 Å². The fraction of sp³-hybridized carbons (Fsp3) is 0.778. The Morgan fingerprint density at radius 2 is 2.47 bits per heavy atom. The average molecular weight is 215 g/mol. The molecule has 0 aliphatic carbocycles. The maximum atomic E-state index is 11.6. The zero-order chi connectivity index (χ0) is 11.3. The zero-order valence-corrected chi connectivity index (χ0v) is 8.75. The first-order valence-electron chi connectivity index (χ1n) is 5.08. The second kappa shape index (κ2) is 5.67. The van der Waals surface area contributed by atoms with Crippen LogP contribution in [0.15, 0.2) is 0 Å². The van der Waals surface area contributed by atoms with E-state index < -0.39 is 6.04 Å². The summed E-state index contributed by atoms with van der Waals surface area (Å²) in [6.45, 7) is 2.28. The maximum Gasteiger partial charge on any atom is 0.239 e. The molecule has 0 aromatic carbocycles. The number of aliphatic hydroxyl groups excluding tert-OH is 1. The Morgan fingerprint density at radius 1 is 1.73 bits per heavy atom. The van der Waals surface area contributed by atoms with Gasteiger partial charge in [0.1, 0.15) is 6.04 Å². The molecule has 15 heavy (non-hydrogen) atoms. The second-order valence-electron chi connectivity index (χ2n) is 3.53. The Labute approximate surface area is 88.4 Å². The minimum Gasteiger partial charge on any atom is -0.394 e. The summed E-state index contributed by atoms with van der Waals surface area (Å²) in [5, 5.41) is 17.0. The first kappa shape index (κ1) is 11.9. The van der Waals surface area contributed by atoms with E-state index >= 15 is 0 Å². The molecular weight excluding hydrogens is 198 g/mol. The molecule has 0 saturated carbocycles. The Balaban J connectivity index is 2.36. The lowest BCUT2D eigenvalue weighted by Gasteiger charge is -2.25. The van der Waals surface area contributed by atoms with E-state index in [0.717, 1.165) is 0 Å². The van der Waals surface area contributed by atoms with E-state index in [9.17, 15) is 9.59 Å². The predicted molar refractivity (Wildman–Crippen MR) is 54.1 cm³/mol. The van der Waals surface area contributed by atoms with E-state index in [1.54, 1.807) is 0 Å². The molecule has 1 rings (SSSR count). The monoisotopic (exact) mass is 215 g/mol. The molecule has 6 heteroatoms. The summed E-state index contributed by atoms with van der Waals surface area (Å²) in [6, 6.07) is -0.611. The third-order valence-electron chi connectivity index (χ3n) is 2.39. The number of hydrogen-bond donors (Lipinski definition) is 4. The van der Waals surface area contributed by atoms with Crippen molar-refractivity contribution < 1.29 is 14.7 Å². The fourth-order valence-electron chi connectivity index (χ4n) is 1.33. The van der Waals surface area contributed by atoms with Gasteiger partial charge in [0.25, 0.3) is 0 Å². The molecule has 0 spiro atoms. The van der Waals surface area contributed by atoms with E-state index in [-0.39, 0.29) is 31.0 Å². The molecule has 2 unspecified atom stereocenters. The number of amides is 2. The van der Waals surface area contributed by atoms with E-state index in [4.69, 9.17) is 5.11 Å². The average Bonchev–Trinajstić information content (AvgIpc) is 2.26. The van der Waals surface area contributed by atoms with Crippen molar-refractivity contribution in [3.05, 3.63) is 0 Å². The standard InChI is InChI=1S/C9H17N3O3/c1-2-6(5-13)12-9(15)7-3-11-8(14)4-10-7/h6-7,10,13H,2-5H2,1H3,(H,11,14)(H,12,15). The summed E-state index contributed by atoms with van der Waals surface area (Å²) in [5.74, 6) is -0.288. The van der Waals surface area contributed by atoms with Gasteiger partial charge >= 0.3 is 0 Å². The molecule has 4 N–H and O–H groups in total. The Morgan fingerprint density at radius 3 is 2.93 bits per heavy atom. The van der Waals surface area contributed by atoms with Crippen LogP contribution in [0.25, 0.3) is 0 Å². The molecule has 1 heterocycles. The molecule has 0 radical (unpaired) electrons. The van der Waals surface area contributed by atoms with Gasteiger partial charge in [-0.05, 0) is 6.42 Å². The molecule has 1 fully saturated rings. The molecule has 2 amide bonds. The quantitative estimate of drug-likeness (QED) is 0.435. The SMILES string of the molecule is CCC(CO)NC(=O)C1CNC(=O)CN1. The number of carbonyl (C=O) groups is 2. The minimum atomic E-state index is -0.400. The summed E-state index contributed by atoms with van der Waals surface area (Å²) in [7, 11) is 0. The Kier molecular flexibility index (Phi) is 4.51. The summed E-state index contributed by atoms with van der Waals surface area (Å²) in [5.41, 5.74) is 0. The molecule has 1 saturated heterocycles. The highest BCUT2D eigenvalue weighted by Gasteiger charge is 2.24. The van der Waals surface area contributed by atoms with Crippen molar-refractivity contribution in [2.75, 3.05) is 19.7 Å². The number of aliphatic hydroxyl groups is 1. The highest BCUT2D eigenvalue weighted by Crippen LogP contribution is 1.93. The van der Waals surface area contributed by atoms with Crippen LogP contribution in [0.5, 0.6) is 0 Å². The normalized spacial score (nSPS) is 23.1. The molecule has 1 aliphatic rings. The van der Waals surface area contributed by atoms with Crippen molar-refractivity contribution in [1.29, 1.82) is 0 Å². The molecule has 0 bridgehead atoms. The number of nitrogens with one attached hydrogen (secondary N) is 3. The Hall–Kier alpha value is -1.14. The van der Waals surface area contributed by atoms with Crippen LogP contribution < -0.4 is 16.0 Å². The predicted octanol–water partition coefficient (Wildman–Crippen LogP) is -2.04. The third-order valence-corrected chi connectivity index (χ3v) is 2.39. The van der Waals surface area contributed by atoms with Crippen LogP contribution in [-0.2, 0) is 9.59 Å². The van der Waals surface area contributed by atoms with Crippen LogP contribution in [0, 0.1) is 0 Å². The van der Waals surface area contributed by atoms with Crippen LogP contribution in [0.4, 0.5) is 0 Å². The van der Waals surface area contributed by atoms with Crippen molar-refractivity contribution in [2.45, 2.75) is 25.4 Å². The highest BCUT2D eigenvalue weighted by atomic mass is 16.3. The van der Waals surface area contributed by atoms with Gasteiger partial charge in [0.15, 0.2) is 0 Å². The summed E-state index contributed by atoms with van der Waals surface area (Å²) in [6.07, 6.45) is 0.682. The van der Waals surface area contributed by atoms with E-state index in [1.165, 1.54) is 0 Å². The molecular formula is C9H17N3O3. The van der Waals surface area contributed by atoms with E-state index in [2.05, 4.69) is 16.0 Å². The van der Waals surface area contributed by atoms with Crippen LogP contribution in [0.2, 0.25) is 0 Å². The molecule has 1 aliphatic heterocycles. The maximum absolute atomic E-state index is 11.6. The van der Waals surface area contributed by atoms with Gasteiger partial charge in [-0.1, -0.05) is 6.92 Å². The number of hydrogen-bond acceptors (Lipinski definition) is 4. The summed E-state index contributed by atoms with van der Waals surface area (Å²) in [4.78, 5) is 22.4. The van der Waals surface area contributed by atoms with Gasteiger partial charge in [-0.25, -0.2) is 0 Å². The van der Waals surface area contributed by atoms with Crippen LogP contribution >= 0.6 is 0 Å². The van der Waals surface area contributed by atoms with Crippen molar-refractivity contribution in [1.82, 2.24) is 16.0 Å². The zero-order valence-electron chi connectivity index (χ0n) is 8.75. The van der Waals surface area contributed by atoms with Crippen molar-refractivity contribution >= 4 is 11.8 Å². The molecule has 2 atom stereocenters. The first-order valence-corrected chi connectivity index (χ1v) is 5.08. The Bertz CT molecular complexity index is 231. The fourth-order valence-corrected chi connectivity index (χ4v) is 1.33. The van der Waals surface area contributed by atoms with Crippen molar-refractivity contribution in [3.63, 3.8) is 0 Å². The molecule has 0 aromatic rings. The summed E-state index contributed by atoms with van der Waals surface area (Å²) < 4.78 is 0. The highest BCUT2D eigenvalue weighted by molar-refractivity contribution is 5.86. The number of carbonyl (C=O) groups excluding carboxylic acids is 2.